The summed E-state index contributed by atoms with van der Waals surface area (Å²) < 4.78 is 5.87. The number of ketones is 1. The van der Waals surface area contributed by atoms with Crippen LogP contribution in [-0.4, -0.2) is 15.8 Å². The van der Waals surface area contributed by atoms with Crippen LogP contribution in [0.1, 0.15) is 36.3 Å². The maximum absolute atomic E-state index is 12.6. The molecule has 6 nitrogen and oxygen atoms in total. The summed E-state index contributed by atoms with van der Waals surface area (Å²) in [4.78, 5) is 20.8. The van der Waals surface area contributed by atoms with Gasteiger partial charge in [0.25, 0.3) is 0 Å². The molecular weight excluding hydrogens is 292 g/mol. The summed E-state index contributed by atoms with van der Waals surface area (Å²) in [7, 11) is 0. The van der Waals surface area contributed by atoms with Gasteiger partial charge in [-0.25, -0.2) is 0 Å². The standard InChI is InChI=1S/C17H16N4O2/c18-15-14-12(9-5-2-1-3-6-9)13-10(22)7-4-8-11(13)23-16(14)21-17(19)20-15/h1-3,5-6,12H,4,7-8H2,(H4,18,19,20,21). The molecule has 2 aliphatic rings. The fourth-order valence-corrected chi connectivity index (χ4v) is 3.33. The van der Waals surface area contributed by atoms with E-state index in [2.05, 4.69) is 9.97 Å². The summed E-state index contributed by atoms with van der Waals surface area (Å²) in [6.07, 6.45) is 2.02. The zero-order chi connectivity index (χ0) is 16.0. The first-order valence-electron chi connectivity index (χ1n) is 7.57. The van der Waals surface area contributed by atoms with Crippen LogP contribution in [0.15, 0.2) is 41.7 Å². The number of fused-ring (bicyclic) bond motifs is 1. The van der Waals surface area contributed by atoms with Crippen molar-refractivity contribution in [1.82, 2.24) is 9.97 Å². The molecule has 0 fully saturated rings. The summed E-state index contributed by atoms with van der Waals surface area (Å²) in [6, 6.07) is 9.76. The Hall–Kier alpha value is -2.89. The molecule has 1 aromatic heterocycles. The van der Waals surface area contributed by atoms with Crippen molar-refractivity contribution in [2.45, 2.75) is 25.2 Å². The molecule has 0 bridgehead atoms. The second-order valence-electron chi connectivity index (χ2n) is 5.75. The van der Waals surface area contributed by atoms with Crippen molar-refractivity contribution >= 4 is 17.5 Å². The Balaban J connectivity index is 1.99. The molecule has 4 N–H and O–H groups in total. The van der Waals surface area contributed by atoms with Crippen molar-refractivity contribution < 1.29 is 9.53 Å². The monoisotopic (exact) mass is 308 g/mol. The van der Waals surface area contributed by atoms with Crippen molar-refractivity contribution in [1.29, 1.82) is 0 Å². The Morgan fingerprint density at radius 3 is 2.65 bits per heavy atom. The lowest BCUT2D eigenvalue weighted by Crippen LogP contribution is -2.27. The molecule has 4 rings (SSSR count). The maximum Gasteiger partial charge on any atom is 0.229 e. The van der Waals surface area contributed by atoms with Crippen LogP contribution in [0.4, 0.5) is 11.8 Å². The third-order valence-corrected chi connectivity index (χ3v) is 4.30. The van der Waals surface area contributed by atoms with Gasteiger partial charge in [0.1, 0.15) is 11.6 Å². The number of nitrogen functional groups attached to an aromatic ring is 2. The normalized spacial score (nSPS) is 19.8. The minimum atomic E-state index is -0.302. The van der Waals surface area contributed by atoms with Crippen molar-refractivity contribution in [2.24, 2.45) is 0 Å². The highest BCUT2D eigenvalue weighted by atomic mass is 16.5. The summed E-state index contributed by atoms with van der Waals surface area (Å²) in [5.41, 5.74) is 14.1. The van der Waals surface area contributed by atoms with Gasteiger partial charge in [-0.3, -0.25) is 4.79 Å². The van der Waals surface area contributed by atoms with Crippen LogP contribution < -0.4 is 16.2 Å². The second kappa shape index (κ2) is 5.08. The molecule has 0 amide bonds. The van der Waals surface area contributed by atoms with Crippen LogP contribution in [-0.2, 0) is 4.79 Å². The fourth-order valence-electron chi connectivity index (χ4n) is 3.33. The highest BCUT2D eigenvalue weighted by molar-refractivity contribution is 5.99. The average Bonchev–Trinajstić information content (AvgIpc) is 2.54. The topological polar surface area (TPSA) is 104 Å². The Morgan fingerprint density at radius 2 is 1.87 bits per heavy atom. The summed E-state index contributed by atoms with van der Waals surface area (Å²) in [5, 5.41) is 0. The molecule has 0 spiro atoms. The van der Waals surface area contributed by atoms with Crippen molar-refractivity contribution in [2.75, 3.05) is 11.5 Å². The molecule has 1 aromatic carbocycles. The molecule has 1 unspecified atom stereocenters. The number of Topliss-reactive ketones (excluding diaryl/α,β-unsaturated/α-hetero) is 1. The molecule has 6 heteroatoms. The number of nitrogens with zero attached hydrogens (tertiary/aromatic N) is 2. The molecule has 0 saturated carbocycles. The first kappa shape index (κ1) is 13.8. The van der Waals surface area contributed by atoms with Crippen molar-refractivity contribution in [3.63, 3.8) is 0 Å². The molecule has 0 radical (unpaired) electrons. The molecule has 1 atom stereocenters. The van der Waals surface area contributed by atoms with Gasteiger partial charge >= 0.3 is 0 Å². The van der Waals surface area contributed by atoms with Gasteiger partial charge in [0.15, 0.2) is 5.78 Å². The van der Waals surface area contributed by atoms with E-state index in [-0.39, 0.29) is 23.5 Å². The Morgan fingerprint density at radius 1 is 1.09 bits per heavy atom. The summed E-state index contributed by atoms with van der Waals surface area (Å²) in [6.45, 7) is 0. The highest BCUT2D eigenvalue weighted by Gasteiger charge is 2.39. The summed E-state index contributed by atoms with van der Waals surface area (Å²) >= 11 is 0. The van der Waals surface area contributed by atoms with Gasteiger partial charge in [-0.15, -0.1) is 0 Å². The van der Waals surface area contributed by atoms with Crippen LogP contribution in [0.3, 0.4) is 0 Å². The number of ether oxygens (including phenoxy) is 1. The zero-order valence-electron chi connectivity index (χ0n) is 12.5. The van der Waals surface area contributed by atoms with E-state index >= 15 is 0 Å². The number of nitrogens with two attached hydrogens (primary N) is 2. The Labute approximate surface area is 133 Å². The number of anilines is 2. The first-order chi connectivity index (χ1) is 11.1. The lowest BCUT2D eigenvalue weighted by atomic mass is 9.78. The highest BCUT2D eigenvalue weighted by Crippen LogP contribution is 2.47. The Bertz CT molecular complexity index is 830. The van der Waals surface area contributed by atoms with Gasteiger partial charge in [-0.05, 0) is 12.0 Å². The van der Waals surface area contributed by atoms with Gasteiger partial charge in [0, 0.05) is 24.3 Å². The number of aromatic nitrogens is 2. The predicted molar refractivity (Wildman–Crippen MR) is 85.7 cm³/mol. The van der Waals surface area contributed by atoms with E-state index in [9.17, 15) is 4.79 Å². The van der Waals surface area contributed by atoms with Gasteiger partial charge in [-0.1, -0.05) is 30.3 Å². The van der Waals surface area contributed by atoms with Crippen LogP contribution in [0.5, 0.6) is 5.88 Å². The average molecular weight is 308 g/mol. The van der Waals surface area contributed by atoms with Crippen LogP contribution in [0.25, 0.3) is 0 Å². The smallest absolute Gasteiger partial charge is 0.229 e. The van der Waals surface area contributed by atoms with Crippen LogP contribution in [0, 0.1) is 0 Å². The number of hydrogen-bond acceptors (Lipinski definition) is 6. The van der Waals surface area contributed by atoms with Crippen molar-refractivity contribution in [3.05, 3.63) is 52.8 Å². The first-order valence-corrected chi connectivity index (χ1v) is 7.57. The maximum atomic E-state index is 12.6. The quantitative estimate of drug-likeness (QED) is 0.836. The van der Waals surface area contributed by atoms with Crippen molar-refractivity contribution in [3.8, 4) is 5.88 Å². The molecule has 2 aromatic rings. The van der Waals surface area contributed by atoms with E-state index in [1.165, 1.54) is 0 Å². The van der Waals surface area contributed by atoms with E-state index in [4.69, 9.17) is 16.2 Å². The Kier molecular flexibility index (Phi) is 3.04. The van der Waals surface area contributed by atoms with E-state index in [0.717, 1.165) is 12.0 Å². The molecule has 1 aliphatic heterocycles. The number of rotatable bonds is 1. The number of benzene rings is 1. The lowest BCUT2D eigenvalue weighted by Gasteiger charge is -2.32. The van der Waals surface area contributed by atoms with E-state index in [1.807, 2.05) is 30.3 Å². The van der Waals surface area contributed by atoms with Crippen LogP contribution in [0.2, 0.25) is 0 Å². The second-order valence-corrected chi connectivity index (χ2v) is 5.75. The predicted octanol–water partition coefficient (Wildman–Crippen LogP) is 2.17. The minimum absolute atomic E-state index is 0.0687. The fraction of sp³-hybridized carbons (Fsp3) is 0.235. The van der Waals surface area contributed by atoms with E-state index in [0.29, 0.717) is 35.6 Å². The SMILES string of the molecule is Nc1nc(N)c2c(n1)OC1=C(C(=O)CCC1)C2c1ccccc1. The summed E-state index contributed by atoms with van der Waals surface area (Å²) in [5.74, 6) is 1.16. The molecule has 1 aliphatic carbocycles. The zero-order valence-corrected chi connectivity index (χ0v) is 12.5. The molecule has 23 heavy (non-hydrogen) atoms. The molecular formula is C17H16N4O2. The van der Waals surface area contributed by atoms with Crippen LogP contribution >= 0.6 is 0 Å². The van der Waals surface area contributed by atoms with Gasteiger partial charge in [0.05, 0.1) is 5.56 Å². The van der Waals surface area contributed by atoms with E-state index in [1.54, 1.807) is 0 Å². The number of carbonyl (C=O) groups is 1. The molecule has 0 saturated heterocycles. The number of hydrogen-bond donors (Lipinski definition) is 2. The largest absolute Gasteiger partial charge is 0.442 e. The van der Waals surface area contributed by atoms with Gasteiger partial charge < -0.3 is 16.2 Å². The van der Waals surface area contributed by atoms with Gasteiger partial charge in [0.2, 0.25) is 11.8 Å². The number of allylic oxidation sites excluding steroid dienone is 2. The third-order valence-electron chi connectivity index (χ3n) is 4.30. The number of carbonyl (C=O) groups excluding carboxylic acids is 1. The third kappa shape index (κ3) is 2.14. The lowest BCUT2D eigenvalue weighted by molar-refractivity contribution is -0.116. The minimum Gasteiger partial charge on any atom is -0.442 e. The molecule has 2 heterocycles. The van der Waals surface area contributed by atoms with Gasteiger partial charge in [-0.2, -0.15) is 9.97 Å². The molecule has 116 valence electrons. The van der Waals surface area contributed by atoms with E-state index < -0.39 is 0 Å².